The fourth-order valence-corrected chi connectivity index (χ4v) is 2.69. The summed E-state index contributed by atoms with van der Waals surface area (Å²) in [4.78, 5) is 2.35. The minimum Gasteiger partial charge on any atom is -0.364 e. The minimum atomic E-state index is 0.0192. The van der Waals surface area contributed by atoms with Crippen LogP contribution < -0.4 is 0 Å². The third-order valence-corrected chi connectivity index (χ3v) is 3.43. The van der Waals surface area contributed by atoms with Crippen molar-refractivity contribution < 1.29 is 4.74 Å². The molecule has 1 unspecified atom stereocenters. The molecule has 2 aliphatic rings. The first-order valence-electron chi connectivity index (χ1n) is 6.21. The zero-order chi connectivity index (χ0) is 11.6. The number of fused-ring (bicyclic) bond motifs is 2. The van der Waals surface area contributed by atoms with Gasteiger partial charge < -0.3 is 9.64 Å². The van der Waals surface area contributed by atoms with E-state index >= 15 is 0 Å². The number of hydrogen-bond donors (Lipinski definition) is 0. The Labute approximate surface area is 98.2 Å². The van der Waals surface area contributed by atoms with Gasteiger partial charge >= 0.3 is 0 Å². The number of likely N-dealkylation sites (tertiary alicyclic amines) is 1. The van der Waals surface area contributed by atoms with Gasteiger partial charge in [-0.05, 0) is 24.6 Å². The normalized spacial score (nSPS) is 27.7. The first-order valence-corrected chi connectivity index (χ1v) is 6.21. The summed E-state index contributed by atoms with van der Waals surface area (Å²) in [6.45, 7) is 6.99. The number of ether oxygens (including phenoxy) is 1. The van der Waals surface area contributed by atoms with Crippen molar-refractivity contribution in [2.24, 2.45) is 0 Å². The van der Waals surface area contributed by atoms with Crippen LogP contribution in [0, 0.1) is 0 Å². The Balaban J connectivity index is 0.000000457. The summed E-state index contributed by atoms with van der Waals surface area (Å²) in [5, 5.41) is 0. The molecule has 1 aromatic carbocycles. The van der Waals surface area contributed by atoms with Crippen molar-refractivity contribution in [3.8, 4) is 0 Å². The van der Waals surface area contributed by atoms with E-state index in [9.17, 15) is 0 Å². The molecular weight excluding hydrogens is 198 g/mol. The van der Waals surface area contributed by atoms with Gasteiger partial charge in [-0.15, -0.1) is 0 Å². The third kappa shape index (κ3) is 1.76. The van der Waals surface area contributed by atoms with Gasteiger partial charge in [-0.3, -0.25) is 0 Å². The molecule has 1 spiro atoms. The van der Waals surface area contributed by atoms with E-state index in [0.717, 1.165) is 26.1 Å². The molecule has 1 aromatic rings. The first-order chi connectivity index (χ1) is 7.80. The van der Waals surface area contributed by atoms with Crippen LogP contribution in [0.1, 0.15) is 31.4 Å². The van der Waals surface area contributed by atoms with Crippen LogP contribution in [0.3, 0.4) is 0 Å². The number of rotatable bonds is 0. The average molecular weight is 219 g/mol. The Morgan fingerprint density at radius 2 is 2.00 bits per heavy atom. The Hall–Kier alpha value is -0.860. The number of benzene rings is 1. The van der Waals surface area contributed by atoms with E-state index in [1.807, 2.05) is 13.8 Å². The highest BCUT2D eigenvalue weighted by Gasteiger charge is 2.44. The molecule has 3 rings (SSSR count). The molecule has 0 aromatic heterocycles. The van der Waals surface area contributed by atoms with Gasteiger partial charge in [0.1, 0.15) is 5.60 Å². The third-order valence-electron chi connectivity index (χ3n) is 3.43. The van der Waals surface area contributed by atoms with Crippen LogP contribution in [0.4, 0.5) is 0 Å². The van der Waals surface area contributed by atoms with Gasteiger partial charge in [0.15, 0.2) is 0 Å². The van der Waals surface area contributed by atoms with E-state index in [1.165, 1.54) is 11.1 Å². The quantitative estimate of drug-likeness (QED) is 0.665. The van der Waals surface area contributed by atoms with Crippen LogP contribution in [0.25, 0.3) is 0 Å². The Morgan fingerprint density at radius 1 is 1.25 bits per heavy atom. The Bertz CT molecular complexity index is 360. The maximum Gasteiger partial charge on any atom is 0.108 e. The van der Waals surface area contributed by atoms with E-state index in [-0.39, 0.29) is 5.60 Å². The maximum atomic E-state index is 6.00. The topological polar surface area (TPSA) is 12.5 Å². The van der Waals surface area contributed by atoms with E-state index in [1.54, 1.807) is 0 Å². The molecule has 16 heavy (non-hydrogen) atoms. The molecule has 0 aliphatic carbocycles. The molecule has 0 amide bonds. The molecule has 0 N–H and O–H groups in total. The smallest absolute Gasteiger partial charge is 0.108 e. The second kappa shape index (κ2) is 4.56. The van der Waals surface area contributed by atoms with Gasteiger partial charge in [0, 0.05) is 13.1 Å². The molecule has 88 valence electrons. The highest BCUT2D eigenvalue weighted by Crippen LogP contribution is 2.42. The van der Waals surface area contributed by atoms with Crippen LogP contribution in [0.5, 0.6) is 0 Å². The minimum absolute atomic E-state index is 0.0192. The Morgan fingerprint density at radius 3 is 2.69 bits per heavy atom. The van der Waals surface area contributed by atoms with Crippen LogP contribution in [-0.2, 0) is 16.9 Å². The summed E-state index contributed by atoms with van der Waals surface area (Å²) in [7, 11) is 2.17. The highest BCUT2D eigenvalue weighted by molar-refractivity contribution is 5.36. The van der Waals surface area contributed by atoms with Gasteiger partial charge in [0.25, 0.3) is 0 Å². The van der Waals surface area contributed by atoms with Crippen molar-refractivity contribution in [1.29, 1.82) is 0 Å². The zero-order valence-corrected chi connectivity index (χ0v) is 10.5. The second-order valence-electron chi connectivity index (χ2n) is 4.43. The lowest BCUT2D eigenvalue weighted by Gasteiger charge is -2.23. The van der Waals surface area contributed by atoms with Crippen LogP contribution >= 0.6 is 0 Å². The van der Waals surface area contributed by atoms with Crippen molar-refractivity contribution in [2.75, 3.05) is 20.1 Å². The lowest BCUT2D eigenvalue weighted by Crippen LogP contribution is -2.28. The van der Waals surface area contributed by atoms with E-state index in [2.05, 4.69) is 36.2 Å². The molecule has 0 bridgehead atoms. The summed E-state index contributed by atoms with van der Waals surface area (Å²) in [6.07, 6.45) is 1.14. The van der Waals surface area contributed by atoms with E-state index in [4.69, 9.17) is 4.74 Å². The number of nitrogens with zero attached hydrogens (tertiary/aromatic N) is 1. The zero-order valence-electron chi connectivity index (χ0n) is 10.5. The molecule has 1 fully saturated rings. The van der Waals surface area contributed by atoms with Crippen LogP contribution in [-0.4, -0.2) is 25.0 Å². The van der Waals surface area contributed by atoms with Gasteiger partial charge in [-0.1, -0.05) is 38.1 Å². The summed E-state index contributed by atoms with van der Waals surface area (Å²) in [6, 6.07) is 8.62. The van der Waals surface area contributed by atoms with E-state index in [0.29, 0.717) is 0 Å². The summed E-state index contributed by atoms with van der Waals surface area (Å²) >= 11 is 0. The van der Waals surface area contributed by atoms with Crippen LogP contribution in [0.2, 0.25) is 0 Å². The van der Waals surface area contributed by atoms with Gasteiger partial charge in [0.2, 0.25) is 0 Å². The molecule has 1 saturated heterocycles. The lowest BCUT2D eigenvalue weighted by molar-refractivity contribution is -0.0280. The largest absolute Gasteiger partial charge is 0.364 e. The summed E-state index contributed by atoms with van der Waals surface area (Å²) in [5.74, 6) is 0. The SMILES string of the molecule is CC.CN1CCC2(C1)OCc1ccccc12. The van der Waals surface area contributed by atoms with Crippen molar-refractivity contribution in [2.45, 2.75) is 32.5 Å². The van der Waals surface area contributed by atoms with Gasteiger partial charge in [-0.25, -0.2) is 0 Å². The molecular formula is C14H21NO. The molecule has 2 heterocycles. The summed E-state index contributed by atoms with van der Waals surface area (Å²) < 4.78 is 6.00. The predicted octanol–water partition coefficient (Wildman–Crippen LogP) is 2.77. The van der Waals surface area contributed by atoms with Crippen molar-refractivity contribution >= 4 is 0 Å². The molecule has 1 atom stereocenters. The lowest BCUT2D eigenvalue weighted by atomic mass is 9.92. The molecule has 2 nitrogen and oxygen atoms in total. The molecule has 2 heteroatoms. The molecule has 0 radical (unpaired) electrons. The molecule has 0 saturated carbocycles. The summed E-state index contributed by atoms with van der Waals surface area (Å²) in [5.41, 5.74) is 2.82. The van der Waals surface area contributed by atoms with Crippen molar-refractivity contribution in [1.82, 2.24) is 4.90 Å². The fourth-order valence-electron chi connectivity index (χ4n) is 2.69. The van der Waals surface area contributed by atoms with Crippen molar-refractivity contribution in [3.05, 3.63) is 35.4 Å². The monoisotopic (exact) mass is 219 g/mol. The second-order valence-corrected chi connectivity index (χ2v) is 4.43. The predicted molar refractivity (Wildman–Crippen MR) is 66.4 cm³/mol. The first kappa shape index (κ1) is 11.6. The molecule has 2 aliphatic heterocycles. The highest BCUT2D eigenvalue weighted by atomic mass is 16.5. The number of hydrogen-bond acceptors (Lipinski definition) is 2. The van der Waals surface area contributed by atoms with E-state index < -0.39 is 0 Å². The fraction of sp³-hybridized carbons (Fsp3) is 0.571. The van der Waals surface area contributed by atoms with Crippen LogP contribution in [0.15, 0.2) is 24.3 Å². The Kier molecular flexibility index (Phi) is 3.31. The van der Waals surface area contributed by atoms with Gasteiger partial charge in [0.05, 0.1) is 6.61 Å². The average Bonchev–Trinajstić information content (AvgIpc) is 2.89. The van der Waals surface area contributed by atoms with Gasteiger partial charge in [-0.2, -0.15) is 0 Å². The van der Waals surface area contributed by atoms with Crippen molar-refractivity contribution in [3.63, 3.8) is 0 Å². The standard InChI is InChI=1S/C12H15NO.C2H6/c1-13-7-6-12(9-13)11-5-3-2-4-10(11)8-14-12;1-2/h2-5H,6-9H2,1H3;1-2H3. The number of likely N-dealkylation sites (N-methyl/N-ethyl adjacent to an activating group) is 1. The maximum absolute atomic E-state index is 6.00.